The molecule has 0 bridgehead atoms. The Hall–Kier alpha value is -2.91. The number of benzene rings is 2. The number of carbonyl (C=O) groups is 1. The van der Waals surface area contributed by atoms with Crippen LogP contribution in [0, 0.1) is 0 Å². The first-order chi connectivity index (χ1) is 16.0. The smallest absolute Gasteiger partial charge is 0.422 e. The van der Waals surface area contributed by atoms with Gasteiger partial charge in [0, 0.05) is 13.0 Å². The molecular weight excluding hydrogens is 464 g/mol. The Morgan fingerprint density at radius 1 is 1.00 bits per heavy atom. The third kappa shape index (κ3) is 6.80. The zero-order valence-corrected chi connectivity index (χ0v) is 18.5. The van der Waals surface area contributed by atoms with E-state index in [2.05, 4.69) is 0 Å². The summed E-state index contributed by atoms with van der Waals surface area (Å²) in [5.41, 5.74) is 0.614. The molecule has 1 amide bonds. The van der Waals surface area contributed by atoms with Crippen LogP contribution in [-0.4, -0.2) is 37.2 Å². The van der Waals surface area contributed by atoms with Gasteiger partial charge in [0.25, 0.3) is 0 Å². The number of hydrogen-bond donors (Lipinski definition) is 0. The van der Waals surface area contributed by atoms with Gasteiger partial charge in [-0.3, -0.25) is 4.79 Å². The normalized spacial score (nSPS) is 16.9. The summed E-state index contributed by atoms with van der Waals surface area (Å²) in [6, 6.07) is 9.08. The number of piperidine rings is 1. The van der Waals surface area contributed by atoms with E-state index in [0.717, 1.165) is 25.0 Å². The van der Waals surface area contributed by atoms with Gasteiger partial charge in [-0.1, -0.05) is 18.2 Å². The zero-order chi connectivity index (χ0) is 24.9. The van der Waals surface area contributed by atoms with Gasteiger partial charge in [0.2, 0.25) is 5.91 Å². The van der Waals surface area contributed by atoms with Crippen molar-refractivity contribution in [1.82, 2.24) is 4.90 Å². The number of carbonyl (C=O) groups excluding carboxylic acids is 1. The van der Waals surface area contributed by atoms with E-state index in [4.69, 9.17) is 9.47 Å². The van der Waals surface area contributed by atoms with Gasteiger partial charge in [-0.25, -0.2) is 0 Å². The highest BCUT2D eigenvalue weighted by atomic mass is 19.4. The van der Waals surface area contributed by atoms with Crippen LogP contribution in [-0.2, 0) is 17.4 Å². The Kier molecular flexibility index (Phi) is 7.99. The number of aryl methyl sites for hydroxylation is 1. The number of likely N-dealkylation sites (tertiary alicyclic amines) is 1. The second kappa shape index (κ2) is 10.6. The number of ether oxygens (including phenoxy) is 2. The lowest BCUT2D eigenvalue weighted by Gasteiger charge is -2.36. The van der Waals surface area contributed by atoms with Crippen LogP contribution in [0.3, 0.4) is 0 Å². The van der Waals surface area contributed by atoms with Gasteiger partial charge in [0.15, 0.2) is 18.1 Å². The maximum absolute atomic E-state index is 13.0. The SMILES string of the molecule is COc1cc(CCC(=O)N2CCCCC2c2ccc(C(F)(F)F)cc2)ccc1OCC(F)(F)F. The standard InChI is InChI=1S/C24H25F6NO3/c1-33-21-14-16(5-11-20(21)34-15-23(25,26)27)6-12-22(32)31-13-3-2-4-19(31)17-7-9-18(10-8-17)24(28,29)30/h5,7-11,14,19H,2-4,6,12-13,15H2,1H3. The first-order valence-electron chi connectivity index (χ1n) is 10.8. The lowest BCUT2D eigenvalue weighted by molar-refractivity contribution is -0.153. The van der Waals surface area contributed by atoms with Crippen LogP contribution in [0.4, 0.5) is 26.3 Å². The molecule has 0 saturated carbocycles. The maximum Gasteiger partial charge on any atom is 0.422 e. The molecule has 186 valence electrons. The van der Waals surface area contributed by atoms with Crippen molar-refractivity contribution in [1.29, 1.82) is 0 Å². The highest BCUT2D eigenvalue weighted by molar-refractivity contribution is 5.77. The van der Waals surface area contributed by atoms with Crippen LogP contribution in [0.2, 0.25) is 0 Å². The van der Waals surface area contributed by atoms with Crippen molar-refractivity contribution in [2.75, 3.05) is 20.3 Å². The van der Waals surface area contributed by atoms with E-state index in [0.29, 0.717) is 30.5 Å². The highest BCUT2D eigenvalue weighted by Gasteiger charge is 2.32. The molecule has 1 unspecified atom stereocenters. The second-order valence-corrected chi connectivity index (χ2v) is 8.11. The summed E-state index contributed by atoms with van der Waals surface area (Å²) in [5.74, 6) is -0.0518. The number of alkyl halides is 6. The van der Waals surface area contributed by atoms with Gasteiger partial charge >= 0.3 is 12.4 Å². The molecule has 2 aromatic rings. The van der Waals surface area contributed by atoms with Crippen LogP contribution < -0.4 is 9.47 Å². The fourth-order valence-electron chi connectivity index (χ4n) is 4.01. The minimum absolute atomic E-state index is 0.0479. The fourth-order valence-corrected chi connectivity index (χ4v) is 4.01. The van der Waals surface area contributed by atoms with Crippen LogP contribution in [0.15, 0.2) is 42.5 Å². The summed E-state index contributed by atoms with van der Waals surface area (Å²) in [4.78, 5) is 14.7. The summed E-state index contributed by atoms with van der Waals surface area (Å²) in [7, 11) is 1.31. The van der Waals surface area contributed by atoms with Gasteiger partial charge in [-0.05, 0) is 61.1 Å². The molecule has 0 N–H and O–H groups in total. The molecule has 1 fully saturated rings. The van der Waals surface area contributed by atoms with Gasteiger partial charge < -0.3 is 14.4 Å². The summed E-state index contributed by atoms with van der Waals surface area (Å²) in [5, 5.41) is 0. The van der Waals surface area contributed by atoms with E-state index in [1.165, 1.54) is 31.4 Å². The summed E-state index contributed by atoms with van der Waals surface area (Å²) in [6.45, 7) is -0.931. The van der Waals surface area contributed by atoms with Crippen LogP contribution >= 0.6 is 0 Å². The zero-order valence-electron chi connectivity index (χ0n) is 18.5. The van der Waals surface area contributed by atoms with E-state index in [-0.39, 0.29) is 29.9 Å². The third-order valence-corrected chi connectivity index (χ3v) is 5.69. The van der Waals surface area contributed by atoms with Crippen molar-refractivity contribution in [3.8, 4) is 11.5 Å². The van der Waals surface area contributed by atoms with Gasteiger partial charge in [-0.2, -0.15) is 26.3 Å². The Bertz CT molecular complexity index is 972. The van der Waals surface area contributed by atoms with Crippen LogP contribution in [0.1, 0.15) is 48.4 Å². The number of amides is 1. The lowest BCUT2D eigenvalue weighted by atomic mass is 9.93. The average molecular weight is 489 g/mol. The quantitative estimate of drug-likeness (QED) is 0.426. The first kappa shape index (κ1) is 25.7. The largest absolute Gasteiger partial charge is 0.493 e. The Morgan fingerprint density at radius 3 is 2.32 bits per heavy atom. The molecule has 10 heteroatoms. The highest BCUT2D eigenvalue weighted by Crippen LogP contribution is 2.35. The second-order valence-electron chi connectivity index (χ2n) is 8.11. The minimum Gasteiger partial charge on any atom is -0.493 e. The monoisotopic (exact) mass is 489 g/mol. The fraction of sp³-hybridized carbons (Fsp3) is 0.458. The number of halogens is 6. The van der Waals surface area contributed by atoms with Gasteiger partial charge in [0.05, 0.1) is 18.7 Å². The molecule has 1 heterocycles. The van der Waals surface area contributed by atoms with Crippen molar-refractivity contribution >= 4 is 5.91 Å². The van der Waals surface area contributed by atoms with Crippen LogP contribution in [0.5, 0.6) is 11.5 Å². The number of hydrogen-bond acceptors (Lipinski definition) is 3. The van der Waals surface area contributed by atoms with E-state index < -0.39 is 24.5 Å². The van der Waals surface area contributed by atoms with Crippen molar-refractivity contribution < 1.29 is 40.6 Å². The van der Waals surface area contributed by atoms with Gasteiger partial charge in [-0.15, -0.1) is 0 Å². The maximum atomic E-state index is 13.0. The Balaban J connectivity index is 1.66. The lowest BCUT2D eigenvalue weighted by Crippen LogP contribution is -2.38. The summed E-state index contributed by atoms with van der Waals surface area (Å²) >= 11 is 0. The predicted octanol–water partition coefficient (Wildman–Crippen LogP) is 6.34. The number of nitrogens with zero attached hydrogens (tertiary/aromatic N) is 1. The molecule has 0 aromatic heterocycles. The van der Waals surface area contributed by atoms with E-state index in [1.807, 2.05) is 0 Å². The predicted molar refractivity (Wildman–Crippen MR) is 113 cm³/mol. The first-order valence-corrected chi connectivity index (χ1v) is 10.8. The van der Waals surface area contributed by atoms with Crippen molar-refractivity contribution in [2.24, 2.45) is 0 Å². The van der Waals surface area contributed by atoms with E-state index in [1.54, 1.807) is 11.0 Å². The molecule has 34 heavy (non-hydrogen) atoms. The molecule has 0 radical (unpaired) electrons. The number of rotatable bonds is 7. The molecule has 1 atom stereocenters. The van der Waals surface area contributed by atoms with Crippen molar-refractivity contribution in [2.45, 2.75) is 50.5 Å². The molecule has 0 aliphatic carbocycles. The molecular formula is C24H25F6NO3. The van der Waals surface area contributed by atoms with Crippen molar-refractivity contribution in [3.05, 3.63) is 59.2 Å². The molecule has 2 aromatic carbocycles. The summed E-state index contributed by atoms with van der Waals surface area (Å²) in [6.07, 6.45) is -6.10. The molecule has 4 nitrogen and oxygen atoms in total. The van der Waals surface area contributed by atoms with Crippen molar-refractivity contribution in [3.63, 3.8) is 0 Å². The molecule has 3 rings (SSSR count). The van der Waals surface area contributed by atoms with Crippen LogP contribution in [0.25, 0.3) is 0 Å². The molecule has 0 spiro atoms. The summed E-state index contributed by atoms with van der Waals surface area (Å²) < 4.78 is 85.7. The van der Waals surface area contributed by atoms with E-state index in [9.17, 15) is 31.1 Å². The molecule has 1 aliphatic rings. The van der Waals surface area contributed by atoms with E-state index >= 15 is 0 Å². The van der Waals surface area contributed by atoms with Gasteiger partial charge in [0.1, 0.15) is 0 Å². The minimum atomic E-state index is -4.48. The average Bonchev–Trinajstić information content (AvgIpc) is 2.80. The topological polar surface area (TPSA) is 38.8 Å². The third-order valence-electron chi connectivity index (χ3n) is 5.69. The Morgan fingerprint density at radius 2 is 1.71 bits per heavy atom. The molecule has 1 saturated heterocycles. The Labute approximate surface area is 193 Å². The number of methoxy groups -OCH3 is 1. The molecule has 1 aliphatic heterocycles.